The van der Waals surface area contributed by atoms with E-state index in [9.17, 15) is 12.8 Å². The molecule has 3 N–H and O–H groups in total. The van der Waals surface area contributed by atoms with Gasteiger partial charge < -0.3 is 5.73 Å². The van der Waals surface area contributed by atoms with Crippen LogP contribution in [-0.2, 0) is 10.0 Å². The molecule has 0 aliphatic heterocycles. The molecule has 0 saturated carbocycles. The largest absolute Gasteiger partial charge is 0.398 e. The average molecular weight is 280 g/mol. The first-order valence-electron chi connectivity index (χ1n) is 5.54. The van der Waals surface area contributed by atoms with Crippen LogP contribution < -0.4 is 10.5 Å². The van der Waals surface area contributed by atoms with Gasteiger partial charge in [-0.05, 0) is 30.7 Å². The number of hydrogen-bond donors (Lipinski definition) is 2. The Hall–Kier alpha value is -2.08. The van der Waals surface area contributed by atoms with E-state index in [1.54, 1.807) is 25.1 Å². The lowest BCUT2D eigenvalue weighted by Gasteiger charge is -2.12. The smallest absolute Gasteiger partial charge is 0.264 e. The first-order valence-corrected chi connectivity index (χ1v) is 7.02. The van der Waals surface area contributed by atoms with Gasteiger partial charge in [0.2, 0.25) is 0 Å². The highest BCUT2D eigenvalue weighted by Gasteiger charge is 2.21. The number of nitrogen functional groups attached to an aromatic ring is 1. The monoisotopic (exact) mass is 280 g/mol. The summed E-state index contributed by atoms with van der Waals surface area (Å²) in [6, 6.07) is 10.3. The molecule has 0 heterocycles. The molecule has 2 aromatic carbocycles. The zero-order chi connectivity index (χ0) is 14.0. The Morgan fingerprint density at radius 3 is 2.42 bits per heavy atom. The Morgan fingerprint density at radius 1 is 1.11 bits per heavy atom. The molecular formula is C13H13FN2O2S. The molecule has 0 spiro atoms. The first-order chi connectivity index (χ1) is 8.92. The fourth-order valence-corrected chi connectivity index (χ4v) is 3.21. The van der Waals surface area contributed by atoms with Crippen LogP contribution in [0, 0.1) is 12.7 Å². The number of sulfonamides is 1. The molecule has 0 aliphatic carbocycles. The summed E-state index contributed by atoms with van der Waals surface area (Å²) in [4.78, 5) is -0.0294. The van der Waals surface area contributed by atoms with Crippen molar-refractivity contribution in [1.29, 1.82) is 0 Å². The second kappa shape index (κ2) is 4.89. The Morgan fingerprint density at radius 2 is 1.79 bits per heavy atom. The number of aryl methyl sites for hydroxylation is 1. The predicted octanol–water partition coefficient (Wildman–Crippen LogP) is 2.52. The molecule has 0 amide bonds. The normalized spacial score (nSPS) is 11.3. The van der Waals surface area contributed by atoms with Crippen molar-refractivity contribution in [2.45, 2.75) is 11.8 Å². The van der Waals surface area contributed by atoms with Gasteiger partial charge in [-0.1, -0.05) is 24.3 Å². The molecule has 19 heavy (non-hydrogen) atoms. The molecule has 0 aliphatic rings. The van der Waals surface area contributed by atoms with E-state index in [4.69, 9.17) is 5.73 Å². The van der Waals surface area contributed by atoms with Crippen LogP contribution in [0.1, 0.15) is 5.56 Å². The molecular weight excluding hydrogens is 267 g/mol. The van der Waals surface area contributed by atoms with Gasteiger partial charge in [0.25, 0.3) is 10.0 Å². The summed E-state index contributed by atoms with van der Waals surface area (Å²) in [5.41, 5.74) is 6.21. The van der Waals surface area contributed by atoms with E-state index in [1.165, 1.54) is 24.3 Å². The Kier molecular flexibility index (Phi) is 3.44. The zero-order valence-corrected chi connectivity index (χ0v) is 11.0. The summed E-state index contributed by atoms with van der Waals surface area (Å²) in [6.45, 7) is 1.63. The number of benzene rings is 2. The zero-order valence-electron chi connectivity index (χ0n) is 10.2. The molecule has 0 radical (unpaired) electrons. The van der Waals surface area contributed by atoms with Crippen molar-refractivity contribution >= 4 is 21.4 Å². The van der Waals surface area contributed by atoms with Gasteiger partial charge in [-0.2, -0.15) is 0 Å². The Bertz CT molecular complexity index is 694. The van der Waals surface area contributed by atoms with Gasteiger partial charge in [0.15, 0.2) is 0 Å². The van der Waals surface area contributed by atoms with Crippen molar-refractivity contribution in [3.63, 3.8) is 0 Å². The van der Waals surface area contributed by atoms with Gasteiger partial charge in [-0.3, -0.25) is 4.72 Å². The Labute approximate surface area is 111 Å². The maximum Gasteiger partial charge on any atom is 0.264 e. The minimum Gasteiger partial charge on any atom is -0.398 e. The van der Waals surface area contributed by atoms with Crippen molar-refractivity contribution in [1.82, 2.24) is 0 Å². The summed E-state index contributed by atoms with van der Waals surface area (Å²) in [5, 5.41) is 0. The van der Waals surface area contributed by atoms with Crippen molar-refractivity contribution in [3.8, 4) is 0 Å². The third-order valence-corrected chi connectivity index (χ3v) is 4.21. The highest BCUT2D eigenvalue weighted by molar-refractivity contribution is 7.93. The van der Waals surface area contributed by atoms with Crippen molar-refractivity contribution in [2.75, 3.05) is 10.5 Å². The van der Waals surface area contributed by atoms with E-state index < -0.39 is 15.8 Å². The molecule has 0 aromatic heterocycles. The van der Waals surface area contributed by atoms with E-state index >= 15 is 0 Å². The van der Waals surface area contributed by atoms with Crippen LogP contribution in [0.2, 0.25) is 0 Å². The second-order valence-corrected chi connectivity index (χ2v) is 5.70. The molecule has 0 fully saturated rings. The highest BCUT2D eigenvalue weighted by atomic mass is 32.2. The topological polar surface area (TPSA) is 72.2 Å². The number of halogens is 1. The highest BCUT2D eigenvalue weighted by Crippen LogP contribution is 2.25. The summed E-state index contributed by atoms with van der Waals surface area (Å²) < 4.78 is 40.2. The number of nitrogens with one attached hydrogen (secondary N) is 1. The van der Waals surface area contributed by atoms with Gasteiger partial charge in [-0.15, -0.1) is 0 Å². The molecule has 0 bridgehead atoms. The van der Waals surface area contributed by atoms with Gasteiger partial charge in [0, 0.05) is 0 Å². The quantitative estimate of drug-likeness (QED) is 0.848. The third-order valence-electron chi connectivity index (χ3n) is 2.63. The molecule has 2 aromatic rings. The molecule has 0 unspecified atom stereocenters. The summed E-state index contributed by atoms with van der Waals surface area (Å²) in [5.74, 6) is -0.641. The molecule has 0 atom stereocenters. The minimum atomic E-state index is -3.91. The molecule has 4 nitrogen and oxygen atoms in total. The van der Waals surface area contributed by atoms with Crippen molar-refractivity contribution in [2.24, 2.45) is 0 Å². The van der Waals surface area contributed by atoms with Gasteiger partial charge in [-0.25, -0.2) is 12.8 Å². The third kappa shape index (κ3) is 2.68. The number of para-hydroxylation sites is 1. The van der Waals surface area contributed by atoms with Crippen LogP contribution in [0.4, 0.5) is 15.8 Å². The Balaban J connectivity index is 2.47. The van der Waals surface area contributed by atoms with E-state index in [2.05, 4.69) is 4.72 Å². The van der Waals surface area contributed by atoms with E-state index in [1.807, 2.05) is 0 Å². The fraction of sp³-hybridized carbons (Fsp3) is 0.0769. The van der Waals surface area contributed by atoms with Gasteiger partial charge in [0.05, 0.1) is 11.4 Å². The first kappa shape index (κ1) is 13.4. The van der Waals surface area contributed by atoms with Crippen LogP contribution in [-0.4, -0.2) is 8.42 Å². The SMILES string of the molecule is Cc1cccc(N)c1S(=O)(=O)Nc1ccccc1F. The lowest BCUT2D eigenvalue weighted by Crippen LogP contribution is -2.16. The van der Waals surface area contributed by atoms with Crippen LogP contribution in [0.3, 0.4) is 0 Å². The predicted molar refractivity (Wildman–Crippen MR) is 72.8 cm³/mol. The van der Waals surface area contributed by atoms with Crippen LogP contribution >= 0.6 is 0 Å². The molecule has 6 heteroatoms. The number of nitrogens with two attached hydrogens (primary N) is 1. The lowest BCUT2D eigenvalue weighted by atomic mass is 10.2. The van der Waals surface area contributed by atoms with Crippen LogP contribution in [0.5, 0.6) is 0 Å². The van der Waals surface area contributed by atoms with Crippen molar-refractivity contribution < 1.29 is 12.8 Å². The second-order valence-electron chi connectivity index (χ2n) is 4.08. The maximum atomic E-state index is 13.5. The summed E-state index contributed by atoms with van der Waals surface area (Å²) in [7, 11) is -3.91. The van der Waals surface area contributed by atoms with Crippen LogP contribution in [0.25, 0.3) is 0 Å². The van der Waals surface area contributed by atoms with Gasteiger partial charge in [0.1, 0.15) is 10.7 Å². The van der Waals surface area contributed by atoms with Crippen molar-refractivity contribution in [3.05, 3.63) is 53.8 Å². The number of anilines is 2. The standard InChI is InChI=1S/C13H13FN2O2S/c1-9-5-4-7-11(15)13(9)19(17,18)16-12-8-3-2-6-10(12)14/h2-8,16H,15H2,1H3. The minimum absolute atomic E-state index is 0.0294. The van der Waals surface area contributed by atoms with E-state index in [0.29, 0.717) is 5.56 Å². The summed E-state index contributed by atoms with van der Waals surface area (Å²) >= 11 is 0. The molecule has 0 saturated heterocycles. The fourth-order valence-electron chi connectivity index (χ4n) is 1.78. The number of hydrogen-bond acceptors (Lipinski definition) is 3. The molecule has 2 rings (SSSR count). The van der Waals surface area contributed by atoms with E-state index in [0.717, 1.165) is 0 Å². The lowest BCUT2D eigenvalue weighted by molar-refractivity contribution is 0.598. The van der Waals surface area contributed by atoms with Gasteiger partial charge >= 0.3 is 0 Å². The average Bonchev–Trinajstić information content (AvgIpc) is 2.31. The van der Waals surface area contributed by atoms with Crippen LogP contribution in [0.15, 0.2) is 47.4 Å². The number of rotatable bonds is 3. The molecule has 100 valence electrons. The maximum absolute atomic E-state index is 13.5. The summed E-state index contributed by atoms with van der Waals surface area (Å²) in [6.07, 6.45) is 0. The van der Waals surface area contributed by atoms with E-state index in [-0.39, 0.29) is 16.3 Å².